The summed E-state index contributed by atoms with van der Waals surface area (Å²) in [5, 5.41) is 11.6. The molecule has 0 amide bonds. The van der Waals surface area contributed by atoms with Crippen molar-refractivity contribution in [2.24, 2.45) is 5.84 Å². The number of nitro groups is 1. The summed E-state index contributed by atoms with van der Waals surface area (Å²) in [6.45, 7) is 2.02. The number of hydrazine groups is 1. The van der Waals surface area contributed by atoms with Crippen molar-refractivity contribution in [1.29, 1.82) is 0 Å². The summed E-state index contributed by atoms with van der Waals surface area (Å²) in [7, 11) is 1.50. The maximum absolute atomic E-state index is 11.1. The van der Waals surface area contributed by atoms with Crippen LogP contribution in [0.2, 0.25) is 0 Å². The minimum absolute atomic E-state index is 0.00854. The van der Waals surface area contributed by atoms with Crippen LogP contribution < -0.4 is 16.0 Å². The van der Waals surface area contributed by atoms with Crippen LogP contribution in [-0.2, 0) is 6.42 Å². The predicted octanol–water partition coefficient (Wildman–Crippen LogP) is 2.39. The Morgan fingerprint density at radius 3 is 2.80 bits per heavy atom. The second kappa shape index (κ2) is 5.70. The zero-order valence-corrected chi connectivity index (χ0v) is 11.3. The lowest BCUT2D eigenvalue weighted by atomic mass is 10.1. The van der Waals surface area contributed by atoms with Crippen molar-refractivity contribution in [1.82, 2.24) is 4.98 Å². The maximum atomic E-state index is 11.1. The zero-order valence-electron chi connectivity index (χ0n) is 11.3. The summed E-state index contributed by atoms with van der Waals surface area (Å²) in [4.78, 5) is 15.1. The lowest BCUT2D eigenvalue weighted by Gasteiger charge is -2.11. The van der Waals surface area contributed by atoms with Crippen molar-refractivity contribution in [3.05, 3.63) is 33.9 Å². The van der Waals surface area contributed by atoms with E-state index in [1.807, 2.05) is 6.92 Å². The van der Waals surface area contributed by atoms with E-state index < -0.39 is 4.92 Å². The summed E-state index contributed by atoms with van der Waals surface area (Å²) in [5.41, 5.74) is 3.82. The van der Waals surface area contributed by atoms with Gasteiger partial charge in [0, 0.05) is 6.07 Å². The number of non-ortho nitro benzene ring substituents is 1. The SMILES string of the molecule is CCCc1cc2c([N+](=O)[O-])ccc(OC)c2nc1NN. The van der Waals surface area contributed by atoms with E-state index in [4.69, 9.17) is 10.6 Å². The van der Waals surface area contributed by atoms with E-state index in [1.54, 1.807) is 6.07 Å². The van der Waals surface area contributed by atoms with E-state index in [-0.39, 0.29) is 5.69 Å². The Bertz CT molecular complexity index is 658. The molecule has 0 bridgehead atoms. The van der Waals surface area contributed by atoms with Gasteiger partial charge < -0.3 is 10.2 Å². The average molecular weight is 276 g/mol. The summed E-state index contributed by atoms with van der Waals surface area (Å²) in [5.74, 6) is 6.46. The Balaban J connectivity index is 2.80. The van der Waals surface area contributed by atoms with Crippen LogP contribution in [0.1, 0.15) is 18.9 Å². The number of ether oxygens (including phenoxy) is 1. The Morgan fingerprint density at radius 2 is 2.25 bits per heavy atom. The Morgan fingerprint density at radius 1 is 1.50 bits per heavy atom. The molecule has 7 heteroatoms. The number of hydrogen-bond acceptors (Lipinski definition) is 6. The largest absolute Gasteiger partial charge is 0.494 e. The van der Waals surface area contributed by atoms with Crippen LogP contribution >= 0.6 is 0 Å². The van der Waals surface area contributed by atoms with Gasteiger partial charge in [0.25, 0.3) is 5.69 Å². The Hall–Kier alpha value is -2.41. The van der Waals surface area contributed by atoms with E-state index >= 15 is 0 Å². The van der Waals surface area contributed by atoms with Crippen molar-refractivity contribution in [2.75, 3.05) is 12.5 Å². The monoisotopic (exact) mass is 276 g/mol. The molecule has 2 rings (SSSR count). The number of nitrogens with one attached hydrogen (secondary N) is 1. The van der Waals surface area contributed by atoms with E-state index in [2.05, 4.69) is 10.4 Å². The number of nitrogen functional groups attached to an aromatic ring is 1. The molecule has 0 aliphatic heterocycles. The highest BCUT2D eigenvalue weighted by Gasteiger charge is 2.18. The third kappa shape index (κ3) is 2.35. The van der Waals surface area contributed by atoms with Crippen LogP contribution in [0.25, 0.3) is 10.9 Å². The van der Waals surface area contributed by atoms with Crippen LogP contribution in [0, 0.1) is 10.1 Å². The normalized spacial score (nSPS) is 10.6. The summed E-state index contributed by atoms with van der Waals surface area (Å²) >= 11 is 0. The molecular formula is C13H16N4O3. The van der Waals surface area contributed by atoms with Crippen molar-refractivity contribution in [3.63, 3.8) is 0 Å². The first-order valence-corrected chi connectivity index (χ1v) is 6.24. The van der Waals surface area contributed by atoms with Crippen molar-refractivity contribution in [3.8, 4) is 5.75 Å². The molecule has 1 heterocycles. The average Bonchev–Trinajstić information content (AvgIpc) is 2.45. The number of pyridine rings is 1. The number of benzene rings is 1. The van der Waals surface area contributed by atoms with Gasteiger partial charge in [-0.25, -0.2) is 10.8 Å². The fourth-order valence-electron chi connectivity index (χ4n) is 2.17. The molecule has 7 nitrogen and oxygen atoms in total. The van der Waals surface area contributed by atoms with Crippen LogP contribution in [0.15, 0.2) is 18.2 Å². The van der Waals surface area contributed by atoms with Crippen molar-refractivity contribution >= 4 is 22.4 Å². The van der Waals surface area contributed by atoms with Crippen LogP contribution in [-0.4, -0.2) is 17.0 Å². The first-order chi connectivity index (χ1) is 9.62. The van der Waals surface area contributed by atoms with Gasteiger partial charge in [-0.15, -0.1) is 0 Å². The highest BCUT2D eigenvalue weighted by Crippen LogP contribution is 2.34. The molecule has 2 aromatic rings. The van der Waals surface area contributed by atoms with Crippen LogP contribution in [0.3, 0.4) is 0 Å². The maximum Gasteiger partial charge on any atom is 0.279 e. The number of fused-ring (bicyclic) bond motifs is 1. The summed E-state index contributed by atoms with van der Waals surface area (Å²) in [6, 6.07) is 4.71. The molecule has 0 saturated carbocycles. The van der Waals surface area contributed by atoms with Gasteiger partial charge in [-0.2, -0.15) is 0 Å². The predicted molar refractivity (Wildman–Crippen MR) is 76.8 cm³/mol. The fourth-order valence-corrected chi connectivity index (χ4v) is 2.17. The van der Waals surface area contributed by atoms with E-state index in [1.165, 1.54) is 19.2 Å². The number of nitro benzene ring substituents is 1. The minimum Gasteiger partial charge on any atom is -0.494 e. The molecule has 0 unspecified atom stereocenters. The molecular weight excluding hydrogens is 260 g/mol. The lowest BCUT2D eigenvalue weighted by Crippen LogP contribution is -2.11. The van der Waals surface area contributed by atoms with Gasteiger partial charge in [-0.3, -0.25) is 10.1 Å². The number of anilines is 1. The molecule has 0 radical (unpaired) electrons. The second-order valence-corrected chi connectivity index (χ2v) is 4.33. The van der Waals surface area contributed by atoms with Gasteiger partial charge >= 0.3 is 0 Å². The van der Waals surface area contributed by atoms with Gasteiger partial charge in [0.05, 0.1) is 17.4 Å². The number of aromatic nitrogens is 1. The molecule has 1 aromatic heterocycles. The van der Waals surface area contributed by atoms with Crippen LogP contribution in [0.4, 0.5) is 11.5 Å². The molecule has 106 valence electrons. The molecule has 0 aliphatic rings. The molecule has 0 aliphatic carbocycles. The fraction of sp³-hybridized carbons (Fsp3) is 0.308. The molecule has 1 aromatic carbocycles. The molecule has 0 saturated heterocycles. The highest BCUT2D eigenvalue weighted by molar-refractivity contribution is 5.94. The first kappa shape index (κ1) is 14.0. The van der Waals surface area contributed by atoms with E-state index in [0.29, 0.717) is 22.5 Å². The number of nitrogens with zero attached hydrogens (tertiary/aromatic N) is 2. The third-order valence-corrected chi connectivity index (χ3v) is 3.08. The number of rotatable bonds is 5. The molecule has 0 spiro atoms. The smallest absolute Gasteiger partial charge is 0.279 e. The van der Waals surface area contributed by atoms with Gasteiger partial charge in [0.1, 0.15) is 17.1 Å². The molecule has 20 heavy (non-hydrogen) atoms. The zero-order chi connectivity index (χ0) is 14.7. The molecule has 0 atom stereocenters. The van der Waals surface area contributed by atoms with Gasteiger partial charge in [0.2, 0.25) is 0 Å². The van der Waals surface area contributed by atoms with Crippen molar-refractivity contribution < 1.29 is 9.66 Å². The molecule has 0 fully saturated rings. The van der Waals surface area contributed by atoms with Gasteiger partial charge in [-0.1, -0.05) is 13.3 Å². The van der Waals surface area contributed by atoms with Gasteiger partial charge in [0.15, 0.2) is 0 Å². The minimum atomic E-state index is -0.422. The number of hydrogen-bond donors (Lipinski definition) is 2. The summed E-state index contributed by atoms with van der Waals surface area (Å²) < 4.78 is 5.21. The van der Waals surface area contributed by atoms with Crippen molar-refractivity contribution in [2.45, 2.75) is 19.8 Å². The van der Waals surface area contributed by atoms with E-state index in [0.717, 1.165) is 18.4 Å². The number of nitrogens with two attached hydrogens (primary N) is 1. The Labute approximate surface area is 115 Å². The standard InChI is InChI=1S/C13H16N4O3/c1-3-4-8-7-9-10(17(18)19)5-6-11(20-2)12(9)15-13(8)16-14/h5-7H,3-4,14H2,1-2H3,(H,15,16). The topological polar surface area (TPSA) is 103 Å². The number of methoxy groups -OCH3 is 1. The lowest BCUT2D eigenvalue weighted by molar-refractivity contribution is -0.383. The quantitative estimate of drug-likeness (QED) is 0.493. The van der Waals surface area contributed by atoms with E-state index in [9.17, 15) is 10.1 Å². The Kier molecular flexibility index (Phi) is 3.99. The number of aryl methyl sites for hydroxylation is 1. The highest BCUT2D eigenvalue weighted by atomic mass is 16.6. The molecule has 3 N–H and O–H groups in total. The summed E-state index contributed by atoms with van der Waals surface area (Å²) in [6.07, 6.45) is 1.62. The van der Waals surface area contributed by atoms with Crippen LogP contribution in [0.5, 0.6) is 5.75 Å². The van der Waals surface area contributed by atoms with Gasteiger partial charge in [-0.05, 0) is 24.1 Å². The third-order valence-electron chi connectivity index (χ3n) is 3.08. The second-order valence-electron chi connectivity index (χ2n) is 4.33. The first-order valence-electron chi connectivity index (χ1n) is 6.24.